The number of amides is 4. The highest BCUT2D eigenvalue weighted by Crippen LogP contribution is 2.29. The summed E-state index contributed by atoms with van der Waals surface area (Å²) >= 11 is 5.89. The van der Waals surface area contributed by atoms with Crippen molar-refractivity contribution in [1.82, 2.24) is 15.1 Å². The zero-order valence-corrected chi connectivity index (χ0v) is 15.0. The molecule has 0 aromatic heterocycles. The van der Waals surface area contributed by atoms with E-state index < -0.39 is 17.5 Å². The van der Waals surface area contributed by atoms with Crippen molar-refractivity contribution >= 4 is 29.4 Å². The molecule has 3 rings (SSSR count). The average molecular weight is 364 g/mol. The van der Waals surface area contributed by atoms with Crippen LogP contribution in [0.4, 0.5) is 4.79 Å². The molecule has 2 aliphatic heterocycles. The van der Waals surface area contributed by atoms with Crippen LogP contribution >= 0.6 is 11.6 Å². The van der Waals surface area contributed by atoms with Crippen LogP contribution in [-0.2, 0) is 15.1 Å². The van der Waals surface area contributed by atoms with Gasteiger partial charge in [0.15, 0.2) is 0 Å². The Labute approximate surface area is 152 Å². The van der Waals surface area contributed by atoms with E-state index >= 15 is 0 Å². The van der Waals surface area contributed by atoms with Crippen LogP contribution in [-0.4, -0.2) is 47.3 Å². The maximum absolute atomic E-state index is 12.8. The molecule has 1 N–H and O–H groups in total. The highest BCUT2D eigenvalue weighted by atomic mass is 35.5. The van der Waals surface area contributed by atoms with Gasteiger partial charge in [-0.25, -0.2) is 4.79 Å². The van der Waals surface area contributed by atoms with Crippen molar-refractivity contribution in [3.63, 3.8) is 0 Å². The lowest BCUT2D eigenvalue weighted by atomic mass is 9.92. The largest absolute Gasteiger partial charge is 0.341 e. The second-order valence-corrected chi connectivity index (χ2v) is 7.18. The van der Waals surface area contributed by atoms with E-state index in [1.54, 1.807) is 36.1 Å². The van der Waals surface area contributed by atoms with Crippen molar-refractivity contribution in [3.8, 4) is 0 Å². The van der Waals surface area contributed by atoms with Crippen LogP contribution in [0.2, 0.25) is 5.02 Å². The Balaban J connectivity index is 1.74. The Morgan fingerprint density at radius 1 is 1.12 bits per heavy atom. The van der Waals surface area contributed by atoms with Crippen molar-refractivity contribution in [2.24, 2.45) is 0 Å². The number of nitrogens with one attached hydrogen (secondary N) is 1. The summed E-state index contributed by atoms with van der Waals surface area (Å²) in [5.41, 5.74) is -0.541. The molecule has 1 aromatic carbocycles. The number of nitrogens with zero attached hydrogens (tertiary/aromatic N) is 2. The maximum Gasteiger partial charge on any atom is 0.325 e. The molecule has 0 aliphatic carbocycles. The van der Waals surface area contributed by atoms with Gasteiger partial charge in [0.25, 0.3) is 5.91 Å². The Morgan fingerprint density at radius 3 is 2.32 bits per heavy atom. The van der Waals surface area contributed by atoms with Gasteiger partial charge in [-0.1, -0.05) is 36.6 Å². The van der Waals surface area contributed by atoms with Crippen LogP contribution in [0.5, 0.6) is 0 Å². The number of hydrogen-bond acceptors (Lipinski definition) is 3. The lowest BCUT2D eigenvalue weighted by Crippen LogP contribution is -2.44. The molecule has 134 valence electrons. The smallest absolute Gasteiger partial charge is 0.325 e. The molecule has 2 aliphatic rings. The highest BCUT2D eigenvalue weighted by molar-refractivity contribution is 6.30. The monoisotopic (exact) mass is 363 g/mol. The second-order valence-electron chi connectivity index (χ2n) is 6.75. The third-order valence-electron chi connectivity index (χ3n) is 4.95. The van der Waals surface area contributed by atoms with Crippen LogP contribution in [0.15, 0.2) is 24.3 Å². The lowest BCUT2D eigenvalue weighted by molar-refractivity contribution is -0.138. The van der Waals surface area contributed by atoms with E-state index in [9.17, 15) is 14.4 Å². The van der Waals surface area contributed by atoms with Gasteiger partial charge in [0.05, 0.1) is 0 Å². The molecule has 2 heterocycles. The summed E-state index contributed by atoms with van der Waals surface area (Å²) in [7, 11) is 0. The van der Waals surface area contributed by atoms with E-state index in [2.05, 4.69) is 5.32 Å². The molecule has 0 radical (unpaired) electrons. The van der Waals surface area contributed by atoms with Crippen molar-refractivity contribution in [1.29, 1.82) is 0 Å². The van der Waals surface area contributed by atoms with Crippen molar-refractivity contribution in [3.05, 3.63) is 34.9 Å². The second kappa shape index (κ2) is 7.04. The van der Waals surface area contributed by atoms with E-state index in [4.69, 9.17) is 11.6 Å². The van der Waals surface area contributed by atoms with Crippen molar-refractivity contribution < 1.29 is 14.4 Å². The lowest BCUT2D eigenvalue weighted by Gasteiger charge is -2.24. The number of carbonyl (C=O) groups is 3. The van der Waals surface area contributed by atoms with Gasteiger partial charge in [0, 0.05) is 18.1 Å². The number of rotatable bonds is 3. The molecule has 2 fully saturated rings. The first-order chi connectivity index (χ1) is 11.9. The number of halogens is 1. The number of imide groups is 1. The number of likely N-dealkylation sites (tertiary alicyclic amines) is 1. The highest BCUT2D eigenvalue weighted by Gasteiger charge is 2.49. The van der Waals surface area contributed by atoms with Crippen LogP contribution in [0.3, 0.4) is 0 Å². The molecule has 4 amide bonds. The van der Waals surface area contributed by atoms with Gasteiger partial charge in [0.1, 0.15) is 12.1 Å². The Hall–Kier alpha value is -2.08. The third-order valence-corrected chi connectivity index (χ3v) is 5.20. The standard InChI is InChI=1S/C18H22ClN3O3/c1-18(13-6-8-14(19)9-7-13)16(24)22(17(25)20-18)12-15(23)21-10-4-2-3-5-11-21/h6-9H,2-5,10-12H2,1H3,(H,20,25)/t18-/m1/s1. The summed E-state index contributed by atoms with van der Waals surface area (Å²) in [4.78, 5) is 40.5. The Morgan fingerprint density at radius 2 is 1.72 bits per heavy atom. The Bertz CT molecular complexity index is 683. The fourth-order valence-electron chi connectivity index (χ4n) is 3.37. The maximum atomic E-state index is 12.8. The summed E-state index contributed by atoms with van der Waals surface area (Å²) in [6.45, 7) is 2.81. The summed E-state index contributed by atoms with van der Waals surface area (Å²) in [5, 5.41) is 3.26. The molecule has 0 saturated carbocycles. The van der Waals surface area contributed by atoms with Gasteiger partial charge in [-0.15, -0.1) is 0 Å². The van der Waals surface area contributed by atoms with E-state index in [1.165, 1.54) is 0 Å². The van der Waals surface area contributed by atoms with Crippen molar-refractivity contribution in [2.45, 2.75) is 38.1 Å². The molecule has 0 spiro atoms. The molecule has 2 saturated heterocycles. The number of urea groups is 1. The third kappa shape index (κ3) is 3.49. The fourth-order valence-corrected chi connectivity index (χ4v) is 3.50. The first-order valence-electron chi connectivity index (χ1n) is 8.60. The predicted octanol–water partition coefficient (Wildman–Crippen LogP) is 2.51. The molecule has 7 heteroatoms. The minimum Gasteiger partial charge on any atom is -0.341 e. The molecule has 6 nitrogen and oxygen atoms in total. The number of benzene rings is 1. The molecule has 0 unspecified atom stereocenters. The van der Waals surface area contributed by atoms with Crippen LogP contribution in [0.25, 0.3) is 0 Å². The normalized spacial score (nSPS) is 24.2. The minimum absolute atomic E-state index is 0.175. The van der Waals surface area contributed by atoms with Gasteiger partial charge < -0.3 is 10.2 Å². The van der Waals surface area contributed by atoms with E-state index in [0.29, 0.717) is 23.7 Å². The molecule has 1 atom stereocenters. The summed E-state index contributed by atoms with van der Waals surface area (Å²) < 4.78 is 0. The zero-order valence-electron chi connectivity index (χ0n) is 14.3. The average Bonchev–Trinajstić information content (AvgIpc) is 2.81. The molecular weight excluding hydrogens is 342 g/mol. The molecule has 0 bridgehead atoms. The minimum atomic E-state index is -1.18. The van der Waals surface area contributed by atoms with E-state index in [-0.39, 0.29) is 12.5 Å². The number of carbonyl (C=O) groups excluding carboxylic acids is 3. The van der Waals surface area contributed by atoms with Gasteiger partial charge in [-0.3, -0.25) is 14.5 Å². The van der Waals surface area contributed by atoms with E-state index in [0.717, 1.165) is 30.6 Å². The van der Waals surface area contributed by atoms with Crippen LogP contribution in [0, 0.1) is 0 Å². The summed E-state index contributed by atoms with van der Waals surface area (Å²) in [6, 6.07) is 6.23. The van der Waals surface area contributed by atoms with Crippen molar-refractivity contribution in [2.75, 3.05) is 19.6 Å². The first-order valence-corrected chi connectivity index (χ1v) is 8.97. The number of hydrogen-bond donors (Lipinski definition) is 1. The predicted molar refractivity (Wildman–Crippen MR) is 94.1 cm³/mol. The van der Waals surface area contributed by atoms with Gasteiger partial charge in [-0.2, -0.15) is 0 Å². The SMILES string of the molecule is C[C@]1(c2ccc(Cl)cc2)NC(=O)N(CC(=O)N2CCCCCC2)C1=O. The quantitative estimate of drug-likeness (QED) is 0.839. The van der Waals surface area contributed by atoms with Crippen LogP contribution < -0.4 is 5.32 Å². The molecular formula is C18H22ClN3O3. The van der Waals surface area contributed by atoms with Crippen LogP contribution in [0.1, 0.15) is 38.2 Å². The summed E-state index contributed by atoms with van der Waals surface area (Å²) in [6.07, 6.45) is 4.16. The fraction of sp³-hybridized carbons (Fsp3) is 0.500. The van der Waals surface area contributed by atoms with E-state index in [1.807, 2.05) is 0 Å². The van der Waals surface area contributed by atoms with Gasteiger partial charge in [-0.05, 0) is 37.5 Å². The summed E-state index contributed by atoms with van der Waals surface area (Å²) in [5.74, 6) is -0.589. The topological polar surface area (TPSA) is 69.7 Å². The zero-order chi connectivity index (χ0) is 18.0. The van der Waals surface area contributed by atoms with Gasteiger partial charge in [0.2, 0.25) is 5.91 Å². The Kier molecular flexibility index (Phi) is 4.99. The van der Waals surface area contributed by atoms with Gasteiger partial charge >= 0.3 is 6.03 Å². The molecule has 25 heavy (non-hydrogen) atoms. The molecule has 1 aromatic rings. The first kappa shape index (κ1) is 17.7.